The largest absolute Gasteiger partial charge is 0.493 e. The van der Waals surface area contributed by atoms with Gasteiger partial charge < -0.3 is 24.4 Å². The van der Waals surface area contributed by atoms with Crippen LogP contribution >= 0.6 is 11.8 Å². The number of anilines is 1. The number of esters is 1. The highest BCUT2D eigenvalue weighted by atomic mass is 32.2. The molecular weight excluding hydrogens is 336 g/mol. The van der Waals surface area contributed by atoms with E-state index in [1.807, 2.05) is 0 Å². The summed E-state index contributed by atoms with van der Waals surface area (Å²) in [6, 6.07) is 4.89. The second kappa shape index (κ2) is 8.44. The third kappa shape index (κ3) is 4.79. The van der Waals surface area contributed by atoms with Crippen LogP contribution < -0.4 is 14.8 Å². The van der Waals surface area contributed by atoms with Crippen LogP contribution in [0.3, 0.4) is 0 Å². The minimum absolute atomic E-state index is 0.143. The van der Waals surface area contributed by atoms with Crippen LogP contribution in [0, 0.1) is 0 Å². The van der Waals surface area contributed by atoms with Crippen molar-refractivity contribution in [2.24, 2.45) is 0 Å². The van der Waals surface area contributed by atoms with Crippen molar-refractivity contribution in [2.75, 3.05) is 45.0 Å². The van der Waals surface area contributed by atoms with Crippen molar-refractivity contribution >= 4 is 34.6 Å². The van der Waals surface area contributed by atoms with Crippen LogP contribution in [-0.4, -0.2) is 61.7 Å². The predicted molar refractivity (Wildman–Crippen MR) is 88.6 cm³/mol. The van der Waals surface area contributed by atoms with E-state index in [0.29, 0.717) is 29.5 Å². The van der Waals surface area contributed by atoms with Crippen molar-refractivity contribution < 1.29 is 28.6 Å². The number of rotatable bonds is 7. The zero-order valence-corrected chi connectivity index (χ0v) is 14.2. The smallest absolute Gasteiger partial charge is 0.326 e. The molecule has 0 radical (unpaired) electrons. The SMILES string of the molecule is COc1ccc(NC(=O)COC(=O)CN2CCSC2=O)cc1OC. The number of methoxy groups -OCH3 is 2. The highest BCUT2D eigenvalue weighted by molar-refractivity contribution is 8.13. The average molecular weight is 354 g/mol. The van der Waals surface area contributed by atoms with Crippen molar-refractivity contribution in [3.05, 3.63) is 18.2 Å². The van der Waals surface area contributed by atoms with E-state index in [4.69, 9.17) is 14.2 Å². The summed E-state index contributed by atoms with van der Waals surface area (Å²) in [7, 11) is 3.00. The minimum Gasteiger partial charge on any atom is -0.493 e. The Bertz CT molecular complexity index is 636. The van der Waals surface area contributed by atoms with E-state index in [1.165, 1.54) is 19.1 Å². The molecule has 0 unspecified atom stereocenters. The molecule has 1 aromatic carbocycles. The summed E-state index contributed by atoms with van der Waals surface area (Å²) in [6.45, 7) is -0.0612. The van der Waals surface area contributed by atoms with Gasteiger partial charge in [0.15, 0.2) is 18.1 Å². The third-order valence-electron chi connectivity index (χ3n) is 3.20. The summed E-state index contributed by atoms with van der Waals surface area (Å²) in [5.74, 6) is 0.560. The Morgan fingerprint density at radius 2 is 2.00 bits per heavy atom. The van der Waals surface area contributed by atoms with Gasteiger partial charge in [0.2, 0.25) is 0 Å². The number of carbonyl (C=O) groups is 3. The maximum absolute atomic E-state index is 11.8. The van der Waals surface area contributed by atoms with Gasteiger partial charge in [-0.2, -0.15) is 0 Å². The Morgan fingerprint density at radius 3 is 2.62 bits per heavy atom. The summed E-state index contributed by atoms with van der Waals surface area (Å²) in [6.07, 6.45) is 0. The van der Waals surface area contributed by atoms with Gasteiger partial charge in [-0.25, -0.2) is 0 Å². The van der Waals surface area contributed by atoms with Crippen LogP contribution in [0.15, 0.2) is 18.2 Å². The first-order chi connectivity index (χ1) is 11.5. The molecule has 1 aliphatic rings. The van der Waals surface area contributed by atoms with Gasteiger partial charge >= 0.3 is 5.97 Å². The first-order valence-corrected chi connectivity index (χ1v) is 8.11. The summed E-state index contributed by atoms with van der Waals surface area (Å²) < 4.78 is 15.1. The van der Waals surface area contributed by atoms with Gasteiger partial charge in [-0.05, 0) is 12.1 Å². The number of carbonyl (C=O) groups excluding carboxylic acids is 3. The minimum atomic E-state index is -0.617. The molecule has 1 heterocycles. The molecule has 0 atom stereocenters. The maximum atomic E-state index is 11.8. The number of hydrogen-bond acceptors (Lipinski definition) is 7. The van der Waals surface area contributed by atoms with E-state index >= 15 is 0 Å². The van der Waals surface area contributed by atoms with Gasteiger partial charge in [-0.15, -0.1) is 0 Å². The molecular formula is C15H18N2O6S. The van der Waals surface area contributed by atoms with Gasteiger partial charge in [0.25, 0.3) is 11.1 Å². The molecule has 1 N–H and O–H groups in total. The standard InChI is InChI=1S/C15H18N2O6S/c1-21-11-4-3-10(7-12(11)22-2)16-13(18)9-23-14(19)8-17-5-6-24-15(17)20/h3-4,7H,5-6,8-9H2,1-2H3,(H,16,18). The Labute approximate surface area is 143 Å². The molecule has 0 bridgehead atoms. The number of thioether (sulfide) groups is 1. The zero-order valence-electron chi connectivity index (χ0n) is 13.4. The van der Waals surface area contributed by atoms with Crippen LogP contribution in [0.5, 0.6) is 11.5 Å². The predicted octanol–water partition coefficient (Wildman–Crippen LogP) is 1.35. The van der Waals surface area contributed by atoms with E-state index in [1.54, 1.807) is 18.2 Å². The lowest BCUT2D eigenvalue weighted by molar-refractivity contribution is -0.147. The molecule has 1 fully saturated rings. The number of ether oxygens (including phenoxy) is 3. The van der Waals surface area contributed by atoms with E-state index in [9.17, 15) is 14.4 Å². The molecule has 1 saturated heterocycles. The van der Waals surface area contributed by atoms with E-state index in [-0.39, 0.29) is 11.8 Å². The molecule has 1 aromatic rings. The van der Waals surface area contributed by atoms with Crippen LogP contribution in [0.4, 0.5) is 10.5 Å². The quantitative estimate of drug-likeness (QED) is 0.739. The average Bonchev–Trinajstić information content (AvgIpc) is 2.97. The maximum Gasteiger partial charge on any atom is 0.326 e. The fraction of sp³-hybridized carbons (Fsp3) is 0.400. The monoisotopic (exact) mass is 354 g/mol. The third-order valence-corrected chi connectivity index (χ3v) is 4.09. The van der Waals surface area contributed by atoms with E-state index in [0.717, 1.165) is 11.8 Å². The molecule has 0 spiro atoms. The van der Waals surface area contributed by atoms with Crippen molar-refractivity contribution in [2.45, 2.75) is 0 Å². The van der Waals surface area contributed by atoms with Crippen molar-refractivity contribution in [1.82, 2.24) is 4.90 Å². The lowest BCUT2D eigenvalue weighted by Gasteiger charge is -2.13. The van der Waals surface area contributed by atoms with Gasteiger partial charge in [-0.3, -0.25) is 14.4 Å². The highest BCUT2D eigenvalue weighted by Gasteiger charge is 2.24. The Kier molecular flexibility index (Phi) is 6.30. The number of nitrogens with zero attached hydrogens (tertiary/aromatic N) is 1. The van der Waals surface area contributed by atoms with Gasteiger partial charge in [-0.1, -0.05) is 11.8 Å². The number of hydrogen-bond donors (Lipinski definition) is 1. The van der Waals surface area contributed by atoms with Gasteiger partial charge in [0, 0.05) is 24.1 Å². The Morgan fingerprint density at radius 1 is 1.25 bits per heavy atom. The van der Waals surface area contributed by atoms with Crippen LogP contribution in [0.2, 0.25) is 0 Å². The van der Waals surface area contributed by atoms with Gasteiger partial charge in [0.1, 0.15) is 6.54 Å². The molecule has 8 nitrogen and oxygen atoms in total. The summed E-state index contributed by atoms with van der Waals surface area (Å²) in [4.78, 5) is 36.2. The molecule has 0 aliphatic carbocycles. The molecule has 0 aromatic heterocycles. The van der Waals surface area contributed by atoms with Crippen LogP contribution in [0.1, 0.15) is 0 Å². The van der Waals surface area contributed by atoms with Gasteiger partial charge in [0.05, 0.1) is 14.2 Å². The van der Waals surface area contributed by atoms with Crippen LogP contribution in [-0.2, 0) is 14.3 Å². The fourth-order valence-corrected chi connectivity index (χ4v) is 2.85. The number of nitrogens with one attached hydrogen (secondary N) is 1. The molecule has 1 aliphatic heterocycles. The summed E-state index contributed by atoms with van der Waals surface area (Å²) >= 11 is 1.16. The number of amides is 2. The van der Waals surface area contributed by atoms with E-state index < -0.39 is 18.5 Å². The molecule has 2 amide bonds. The van der Waals surface area contributed by atoms with Crippen molar-refractivity contribution in [1.29, 1.82) is 0 Å². The highest BCUT2D eigenvalue weighted by Crippen LogP contribution is 2.29. The zero-order chi connectivity index (χ0) is 17.5. The lowest BCUT2D eigenvalue weighted by atomic mass is 10.2. The Hall–Kier alpha value is -2.42. The molecule has 9 heteroatoms. The summed E-state index contributed by atoms with van der Waals surface area (Å²) in [5.41, 5.74) is 0.486. The second-order valence-corrected chi connectivity index (χ2v) is 5.86. The first kappa shape index (κ1) is 17.9. The lowest BCUT2D eigenvalue weighted by Crippen LogP contribution is -2.32. The van der Waals surface area contributed by atoms with Crippen molar-refractivity contribution in [3.8, 4) is 11.5 Å². The topological polar surface area (TPSA) is 94.2 Å². The normalized spacial score (nSPS) is 13.6. The van der Waals surface area contributed by atoms with E-state index in [2.05, 4.69) is 5.32 Å². The molecule has 24 heavy (non-hydrogen) atoms. The van der Waals surface area contributed by atoms with Crippen LogP contribution in [0.25, 0.3) is 0 Å². The number of benzene rings is 1. The summed E-state index contributed by atoms with van der Waals surface area (Å²) in [5, 5.41) is 2.44. The molecule has 0 saturated carbocycles. The second-order valence-electron chi connectivity index (χ2n) is 4.81. The fourth-order valence-electron chi connectivity index (χ4n) is 2.03. The van der Waals surface area contributed by atoms with Crippen molar-refractivity contribution in [3.63, 3.8) is 0 Å². The Balaban J connectivity index is 1.80. The first-order valence-electron chi connectivity index (χ1n) is 7.12. The molecule has 2 rings (SSSR count). The molecule has 130 valence electrons.